The minimum atomic E-state index is 0. The van der Waals surface area contributed by atoms with Crippen molar-refractivity contribution in [2.45, 2.75) is 119 Å². The number of hydrogen-bond donors (Lipinski definition) is 0. The van der Waals surface area contributed by atoms with Crippen molar-refractivity contribution >= 4 is 0 Å². The Balaban J connectivity index is 0.000000614. The maximum Gasteiger partial charge on any atom is 0 e. The first-order valence-corrected chi connectivity index (χ1v) is 12.4. The molecule has 4 saturated carbocycles. The van der Waals surface area contributed by atoms with Crippen LogP contribution in [0, 0.1) is 46.3 Å². The Kier molecular flexibility index (Phi) is 6.51. The van der Waals surface area contributed by atoms with Crippen molar-refractivity contribution in [2.24, 2.45) is 46.3 Å². The molecule has 4 fully saturated rings. The van der Waals surface area contributed by atoms with E-state index in [2.05, 4.69) is 41.5 Å². The van der Waals surface area contributed by atoms with E-state index in [1.54, 1.807) is 44.9 Å². The highest BCUT2D eigenvalue weighted by molar-refractivity contribution is 5.08. The van der Waals surface area contributed by atoms with E-state index in [1.807, 2.05) is 0 Å². The molecule has 26 heavy (non-hydrogen) atoms. The van der Waals surface area contributed by atoms with Gasteiger partial charge in [-0.3, -0.25) is 0 Å². The molecule has 0 saturated heterocycles. The summed E-state index contributed by atoms with van der Waals surface area (Å²) in [6, 6.07) is 0. The van der Waals surface area contributed by atoms with E-state index in [4.69, 9.17) is 0 Å². The van der Waals surface area contributed by atoms with Crippen molar-refractivity contribution in [1.29, 1.82) is 0 Å². The summed E-state index contributed by atoms with van der Waals surface area (Å²) in [5.74, 6) is 6.24. The molecule has 0 heterocycles. The predicted molar refractivity (Wildman–Crippen MR) is 117 cm³/mol. The zero-order valence-corrected chi connectivity index (χ0v) is 18.9. The monoisotopic (exact) mass is 362 g/mol. The first kappa shape index (κ1) is 20.7. The Bertz CT molecular complexity index is 459. The van der Waals surface area contributed by atoms with Crippen LogP contribution in [-0.4, -0.2) is 0 Å². The van der Waals surface area contributed by atoms with E-state index in [1.165, 1.54) is 32.1 Å². The van der Waals surface area contributed by atoms with E-state index < -0.39 is 0 Å². The third-order valence-corrected chi connectivity index (χ3v) is 9.94. The Hall–Kier alpha value is 0. The first-order valence-electron chi connectivity index (χ1n) is 12.4. The van der Waals surface area contributed by atoms with Gasteiger partial charge in [0.25, 0.3) is 0 Å². The van der Waals surface area contributed by atoms with Crippen LogP contribution < -0.4 is 0 Å². The SMILES string of the molecule is CCC.CC[C@@H](C)C1CC[C@@H]2CC3CC[C@@H]4CCCC[C@]4(C)C3C[C@]12C.[HH]. The second-order valence-corrected chi connectivity index (χ2v) is 11.3. The summed E-state index contributed by atoms with van der Waals surface area (Å²) in [6.07, 6.45) is 18.2. The van der Waals surface area contributed by atoms with E-state index in [9.17, 15) is 0 Å². The van der Waals surface area contributed by atoms with E-state index in [0.717, 1.165) is 35.5 Å². The van der Waals surface area contributed by atoms with Crippen LogP contribution >= 0.6 is 0 Å². The fraction of sp³-hybridized carbons (Fsp3) is 1.00. The Morgan fingerprint density at radius 2 is 1.58 bits per heavy atom. The standard InChI is InChI=1S/C23H40.C3H8.H2/c1-5-16(2)20-12-11-19-14-17-9-10-18-8-6-7-13-22(18,3)21(17)15-23(19,20)4;1-3-2;/h16-21H,5-15H2,1-4H3;3H2,1-2H3;1H/t16-,17?,18+,19-,20?,21?,22+,23+;;/m1../s1. The molecule has 0 bridgehead atoms. The first-order chi connectivity index (χ1) is 12.4. The Labute approximate surface area is 166 Å². The van der Waals surface area contributed by atoms with Gasteiger partial charge in [0.05, 0.1) is 0 Å². The van der Waals surface area contributed by atoms with Crippen LogP contribution in [0.4, 0.5) is 0 Å². The number of hydrogen-bond acceptors (Lipinski definition) is 0. The lowest BCUT2D eigenvalue weighted by Crippen LogP contribution is -2.52. The highest BCUT2D eigenvalue weighted by Gasteiger charge is 2.59. The van der Waals surface area contributed by atoms with Gasteiger partial charge >= 0.3 is 0 Å². The van der Waals surface area contributed by atoms with Gasteiger partial charge in [0.15, 0.2) is 0 Å². The molecular formula is C26H50. The zero-order chi connectivity index (χ0) is 18.9. The zero-order valence-electron chi connectivity index (χ0n) is 18.9. The lowest BCUT2D eigenvalue weighted by Gasteiger charge is -2.60. The average Bonchev–Trinajstić information content (AvgIpc) is 2.96. The predicted octanol–water partition coefficient (Wildman–Crippen LogP) is 8.74. The second kappa shape index (κ2) is 8.16. The largest absolute Gasteiger partial charge is 0.0656 e. The van der Waals surface area contributed by atoms with Crippen LogP contribution in [0.25, 0.3) is 0 Å². The normalized spacial score (nSPS) is 48.5. The van der Waals surface area contributed by atoms with Gasteiger partial charge in [-0.25, -0.2) is 0 Å². The van der Waals surface area contributed by atoms with Crippen LogP contribution in [0.15, 0.2) is 0 Å². The van der Waals surface area contributed by atoms with Gasteiger partial charge in [-0.15, -0.1) is 0 Å². The van der Waals surface area contributed by atoms with Gasteiger partial charge in [-0.05, 0) is 97.7 Å². The summed E-state index contributed by atoms with van der Waals surface area (Å²) in [4.78, 5) is 0. The van der Waals surface area contributed by atoms with Crippen molar-refractivity contribution < 1.29 is 1.43 Å². The quantitative estimate of drug-likeness (QED) is 0.460. The van der Waals surface area contributed by atoms with Crippen LogP contribution in [0.2, 0.25) is 0 Å². The third-order valence-electron chi connectivity index (χ3n) is 9.94. The fourth-order valence-corrected chi connectivity index (χ4v) is 8.34. The minimum Gasteiger partial charge on any atom is -0.0656 e. The van der Waals surface area contributed by atoms with E-state index in [-0.39, 0.29) is 1.43 Å². The number of fused-ring (bicyclic) bond motifs is 4. The molecule has 0 radical (unpaired) electrons. The Morgan fingerprint density at radius 3 is 2.27 bits per heavy atom. The lowest BCUT2D eigenvalue weighted by molar-refractivity contribution is -0.109. The molecule has 4 aliphatic carbocycles. The second-order valence-electron chi connectivity index (χ2n) is 11.3. The molecule has 4 rings (SSSR count). The van der Waals surface area contributed by atoms with Gasteiger partial charge in [-0.2, -0.15) is 0 Å². The molecular weight excluding hydrogens is 312 g/mol. The van der Waals surface area contributed by atoms with Gasteiger partial charge in [0, 0.05) is 1.43 Å². The maximum absolute atomic E-state index is 2.73. The van der Waals surface area contributed by atoms with Crippen LogP contribution in [0.5, 0.6) is 0 Å². The molecule has 0 nitrogen and oxygen atoms in total. The van der Waals surface area contributed by atoms with Gasteiger partial charge in [-0.1, -0.05) is 67.2 Å². The molecule has 0 aromatic heterocycles. The summed E-state index contributed by atoms with van der Waals surface area (Å²) >= 11 is 0. The van der Waals surface area contributed by atoms with E-state index in [0.29, 0.717) is 10.8 Å². The van der Waals surface area contributed by atoms with Crippen molar-refractivity contribution in [1.82, 2.24) is 0 Å². The molecule has 0 aliphatic heterocycles. The fourth-order valence-electron chi connectivity index (χ4n) is 8.34. The van der Waals surface area contributed by atoms with Crippen LogP contribution in [0.3, 0.4) is 0 Å². The van der Waals surface area contributed by atoms with Gasteiger partial charge < -0.3 is 0 Å². The Morgan fingerprint density at radius 1 is 0.885 bits per heavy atom. The topological polar surface area (TPSA) is 0 Å². The molecule has 154 valence electrons. The van der Waals surface area contributed by atoms with Crippen molar-refractivity contribution in [3.05, 3.63) is 0 Å². The van der Waals surface area contributed by atoms with Crippen LogP contribution in [-0.2, 0) is 0 Å². The molecule has 0 aromatic rings. The van der Waals surface area contributed by atoms with Crippen molar-refractivity contribution in [3.8, 4) is 0 Å². The number of rotatable bonds is 2. The summed E-state index contributed by atoms with van der Waals surface area (Å²) in [6.45, 7) is 14.7. The molecule has 0 heteroatoms. The lowest BCUT2D eigenvalue weighted by atomic mass is 9.45. The molecule has 8 atom stereocenters. The molecule has 0 N–H and O–H groups in total. The highest BCUT2D eigenvalue weighted by Crippen LogP contribution is 2.67. The maximum atomic E-state index is 2.73. The summed E-state index contributed by atoms with van der Waals surface area (Å²) in [5.41, 5.74) is 1.39. The summed E-state index contributed by atoms with van der Waals surface area (Å²) in [5, 5.41) is 0. The third kappa shape index (κ3) is 3.41. The summed E-state index contributed by atoms with van der Waals surface area (Å²) < 4.78 is 0. The molecule has 0 amide bonds. The average molecular weight is 363 g/mol. The van der Waals surface area contributed by atoms with Gasteiger partial charge in [0.2, 0.25) is 0 Å². The minimum absolute atomic E-state index is 0. The molecule has 4 aliphatic rings. The van der Waals surface area contributed by atoms with Gasteiger partial charge in [0.1, 0.15) is 0 Å². The smallest absolute Gasteiger partial charge is 0 e. The highest BCUT2D eigenvalue weighted by atomic mass is 14.6. The molecule has 3 unspecified atom stereocenters. The van der Waals surface area contributed by atoms with Crippen molar-refractivity contribution in [3.63, 3.8) is 0 Å². The summed E-state index contributed by atoms with van der Waals surface area (Å²) in [7, 11) is 0. The van der Waals surface area contributed by atoms with E-state index >= 15 is 0 Å². The van der Waals surface area contributed by atoms with Crippen LogP contribution in [0.1, 0.15) is 120 Å². The molecule has 0 aromatic carbocycles. The molecule has 0 spiro atoms. The van der Waals surface area contributed by atoms with Crippen molar-refractivity contribution in [2.75, 3.05) is 0 Å².